The van der Waals surface area contributed by atoms with Crippen LogP contribution in [0.1, 0.15) is 29.3 Å². The van der Waals surface area contributed by atoms with Crippen LogP contribution in [0.2, 0.25) is 5.02 Å². The highest BCUT2D eigenvalue weighted by Crippen LogP contribution is 2.39. The number of carbonyl (C=O) groups is 3. The van der Waals surface area contributed by atoms with Gasteiger partial charge in [-0.15, -0.1) is 0 Å². The number of amides is 3. The van der Waals surface area contributed by atoms with Gasteiger partial charge >= 0.3 is 0 Å². The molecule has 3 atom stereocenters. The second-order valence-corrected chi connectivity index (χ2v) is 8.38. The maximum Gasteiger partial charge on any atom is 0.273 e. The van der Waals surface area contributed by atoms with Gasteiger partial charge in [-0.25, -0.2) is 5.01 Å². The molecule has 0 unspecified atom stereocenters. The first-order valence-electron chi connectivity index (χ1n) is 10.1. The van der Waals surface area contributed by atoms with Crippen LogP contribution >= 0.6 is 11.6 Å². The van der Waals surface area contributed by atoms with Gasteiger partial charge in [0.05, 0.1) is 23.3 Å². The van der Waals surface area contributed by atoms with Crippen LogP contribution in [0.25, 0.3) is 0 Å². The van der Waals surface area contributed by atoms with Crippen LogP contribution in [0.5, 0.6) is 0 Å². The molecule has 1 heterocycles. The first-order chi connectivity index (χ1) is 15.3. The molecule has 2 aliphatic rings. The summed E-state index contributed by atoms with van der Waals surface area (Å²) < 4.78 is 0. The molecule has 1 aliphatic carbocycles. The van der Waals surface area contributed by atoms with Crippen molar-refractivity contribution in [2.75, 3.05) is 0 Å². The highest BCUT2D eigenvalue weighted by molar-refractivity contribution is 6.30. The molecule has 8 nitrogen and oxygen atoms in total. The molecule has 0 bridgehead atoms. The first kappa shape index (κ1) is 21.7. The summed E-state index contributed by atoms with van der Waals surface area (Å²) in [6.07, 6.45) is 4.21. The summed E-state index contributed by atoms with van der Waals surface area (Å²) in [5.41, 5.74) is 0.400. The third kappa shape index (κ3) is 3.89. The van der Waals surface area contributed by atoms with Crippen molar-refractivity contribution < 1.29 is 19.3 Å². The minimum Gasteiger partial charge on any atom is -0.272 e. The second kappa shape index (κ2) is 8.55. The molecule has 32 heavy (non-hydrogen) atoms. The minimum atomic E-state index is -0.676. The lowest BCUT2D eigenvalue weighted by Crippen LogP contribution is -2.50. The lowest BCUT2D eigenvalue weighted by Gasteiger charge is -2.31. The van der Waals surface area contributed by atoms with Crippen LogP contribution in [-0.4, -0.2) is 32.7 Å². The molecule has 164 valence electrons. The van der Waals surface area contributed by atoms with Crippen molar-refractivity contribution in [1.82, 2.24) is 10.0 Å². The number of fused-ring (bicyclic) bond motifs is 1. The number of nitro groups is 1. The van der Waals surface area contributed by atoms with E-state index in [2.05, 4.69) is 0 Å². The summed E-state index contributed by atoms with van der Waals surface area (Å²) in [6, 6.07) is 11.9. The predicted molar refractivity (Wildman–Crippen MR) is 116 cm³/mol. The zero-order chi connectivity index (χ0) is 23.0. The summed E-state index contributed by atoms with van der Waals surface area (Å²) in [5.74, 6) is -2.77. The topological polar surface area (TPSA) is 101 Å². The monoisotopic (exact) mass is 453 g/mol. The minimum absolute atomic E-state index is 0.00908. The van der Waals surface area contributed by atoms with Crippen molar-refractivity contribution >= 4 is 35.0 Å². The fraction of sp³-hybridized carbons (Fsp3) is 0.261. The molecule has 0 N–H and O–H groups in total. The van der Waals surface area contributed by atoms with E-state index in [9.17, 15) is 24.5 Å². The molecule has 1 fully saturated rings. The van der Waals surface area contributed by atoms with Crippen LogP contribution in [0.3, 0.4) is 0 Å². The van der Waals surface area contributed by atoms with Gasteiger partial charge in [0.25, 0.3) is 23.4 Å². The van der Waals surface area contributed by atoms with E-state index in [1.807, 2.05) is 19.1 Å². The van der Waals surface area contributed by atoms with Crippen molar-refractivity contribution in [2.45, 2.75) is 19.9 Å². The smallest absolute Gasteiger partial charge is 0.272 e. The Hall–Kier alpha value is -3.52. The number of rotatable bonds is 5. The Morgan fingerprint density at radius 1 is 1.19 bits per heavy atom. The Morgan fingerprint density at radius 3 is 2.56 bits per heavy atom. The molecule has 3 amide bonds. The van der Waals surface area contributed by atoms with E-state index in [0.717, 1.165) is 16.1 Å². The third-order valence-corrected chi connectivity index (χ3v) is 6.13. The average Bonchev–Trinajstić information content (AvgIpc) is 3.04. The largest absolute Gasteiger partial charge is 0.273 e. The number of imide groups is 1. The van der Waals surface area contributed by atoms with E-state index >= 15 is 0 Å². The highest BCUT2D eigenvalue weighted by atomic mass is 35.5. The van der Waals surface area contributed by atoms with Gasteiger partial charge in [-0.3, -0.25) is 24.5 Å². The molecule has 4 rings (SSSR count). The van der Waals surface area contributed by atoms with Crippen LogP contribution < -0.4 is 0 Å². The van der Waals surface area contributed by atoms with Gasteiger partial charge in [-0.2, -0.15) is 5.01 Å². The Balaban J connectivity index is 1.74. The van der Waals surface area contributed by atoms with Gasteiger partial charge in [0, 0.05) is 22.7 Å². The molecule has 2 aromatic carbocycles. The Kier molecular flexibility index (Phi) is 5.80. The highest BCUT2D eigenvalue weighted by Gasteiger charge is 2.53. The summed E-state index contributed by atoms with van der Waals surface area (Å²) in [5, 5.41) is 13.7. The number of hydrogen-bond donors (Lipinski definition) is 0. The van der Waals surface area contributed by atoms with Gasteiger partial charge < -0.3 is 0 Å². The third-order valence-electron chi connectivity index (χ3n) is 5.87. The molecular formula is C23H20ClN3O5. The molecule has 0 aromatic heterocycles. The van der Waals surface area contributed by atoms with Crippen LogP contribution in [0.4, 0.5) is 5.69 Å². The van der Waals surface area contributed by atoms with Gasteiger partial charge in [0.1, 0.15) is 0 Å². The van der Waals surface area contributed by atoms with Gasteiger partial charge in [0.15, 0.2) is 0 Å². The van der Waals surface area contributed by atoms with E-state index in [-0.39, 0.29) is 23.7 Å². The van der Waals surface area contributed by atoms with Crippen molar-refractivity contribution in [3.05, 3.63) is 86.9 Å². The van der Waals surface area contributed by atoms with Crippen molar-refractivity contribution in [3.8, 4) is 0 Å². The quantitative estimate of drug-likeness (QED) is 0.295. The maximum absolute atomic E-state index is 13.5. The summed E-state index contributed by atoms with van der Waals surface area (Å²) in [6.45, 7) is 1.80. The number of non-ortho nitro benzene ring substituents is 1. The fourth-order valence-electron chi connectivity index (χ4n) is 4.27. The Morgan fingerprint density at radius 2 is 1.91 bits per heavy atom. The molecule has 0 spiro atoms. The fourth-order valence-corrected chi connectivity index (χ4v) is 4.39. The lowest BCUT2D eigenvalue weighted by atomic mass is 9.78. The number of carbonyl (C=O) groups excluding carboxylic acids is 3. The van der Waals surface area contributed by atoms with Crippen LogP contribution in [0, 0.1) is 27.9 Å². The Labute approximate surface area is 189 Å². The van der Waals surface area contributed by atoms with E-state index in [4.69, 9.17) is 11.6 Å². The van der Waals surface area contributed by atoms with E-state index in [1.165, 1.54) is 18.2 Å². The van der Waals surface area contributed by atoms with Gasteiger partial charge in [-0.05, 0) is 36.1 Å². The first-order valence-corrected chi connectivity index (χ1v) is 10.5. The molecule has 0 saturated carbocycles. The number of nitro benzene ring substituents is 1. The van der Waals surface area contributed by atoms with Crippen LogP contribution in [-0.2, 0) is 16.1 Å². The molecule has 9 heteroatoms. The van der Waals surface area contributed by atoms with Crippen molar-refractivity contribution in [3.63, 3.8) is 0 Å². The zero-order valence-electron chi connectivity index (χ0n) is 17.2. The number of hydrazine groups is 1. The SMILES string of the molecule is C[C@@H]1C=CC[C@H]2C(=O)N(N(Cc3ccc(Cl)cc3)C(=O)c3cccc([N+](=O)[O-])c3)C(=O)[C@@H]12. The Bertz CT molecular complexity index is 1130. The summed E-state index contributed by atoms with van der Waals surface area (Å²) in [7, 11) is 0. The molecule has 2 aromatic rings. The molecule has 1 aliphatic heterocycles. The number of allylic oxidation sites excluding steroid dienone is 2. The molecule has 1 saturated heterocycles. The number of benzene rings is 2. The maximum atomic E-state index is 13.5. The lowest BCUT2D eigenvalue weighted by molar-refractivity contribution is -0.384. The van der Waals surface area contributed by atoms with E-state index < -0.39 is 34.5 Å². The second-order valence-electron chi connectivity index (χ2n) is 7.94. The van der Waals surface area contributed by atoms with E-state index in [1.54, 1.807) is 24.3 Å². The molecular weight excluding hydrogens is 434 g/mol. The van der Waals surface area contributed by atoms with Crippen molar-refractivity contribution in [2.24, 2.45) is 17.8 Å². The zero-order valence-corrected chi connectivity index (χ0v) is 17.9. The molecule has 0 radical (unpaired) electrons. The number of nitrogens with zero attached hydrogens (tertiary/aromatic N) is 3. The van der Waals surface area contributed by atoms with Crippen LogP contribution in [0.15, 0.2) is 60.7 Å². The standard InChI is InChI=1S/C23H20ClN3O5/c1-14-4-2-7-19-20(14)23(30)26(22(19)29)25(13-15-8-10-17(24)11-9-15)21(28)16-5-3-6-18(12-16)27(31)32/h2-6,8-12,14,19-20H,7,13H2,1H3/t14-,19-,20+/m1/s1. The van der Waals surface area contributed by atoms with E-state index in [0.29, 0.717) is 17.0 Å². The average molecular weight is 454 g/mol. The van der Waals surface area contributed by atoms with Crippen molar-refractivity contribution in [1.29, 1.82) is 0 Å². The number of hydrogen-bond acceptors (Lipinski definition) is 5. The summed E-state index contributed by atoms with van der Waals surface area (Å²) >= 11 is 5.96. The van der Waals surface area contributed by atoms with Gasteiger partial charge in [-0.1, -0.05) is 48.9 Å². The van der Waals surface area contributed by atoms with Gasteiger partial charge in [0.2, 0.25) is 0 Å². The number of halogens is 1. The normalized spacial score (nSPS) is 22.1. The summed E-state index contributed by atoms with van der Waals surface area (Å²) in [4.78, 5) is 50.6. The predicted octanol–water partition coefficient (Wildman–Crippen LogP) is 4.00.